The molecule has 0 amide bonds. The van der Waals surface area contributed by atoms with Gasteiger partial charge in [0.1, 0.15) is 18.3 Å². The van der Waals surface area contributed by atoms with Crippen LogP contribution in [0.25, 0.3) is 22.4 Å². The van der Waals surface area contributed by atoms with Crippen molar-refractivity contribution >= 4 is 45.4 Å². The number of methoxy groups -OCH3 is 1. The van der Waals surface area contributed by atoms with Crippen LogP contribution >= 0.6 is 34.2 Å². The summed E-state index contributed by atoms with van der Waals surface area (Å²) in [6.45, 7) is 0.553. The van der Waals surface area contributed by atoms with Crippen LogP contribution < -0.4 is 9.47 Å². The molecule has 2 aliphatic heterocycles. The average molecular weight is 545 g/mol. The minimum absolute atomic E-state index is 0.238. The third kappa shape index (κ3) is 3.50. The first-order valence-corrected chi connectivity index (χ1v) is 11.2. The molecule has 30 heavy (non-hydrogen) atoms. The number of H-pyrrole nitrogens is 1. The second-order valence-corrected chi connectivity index (χ2v) is 8.21. The van der Waals surface area contributed by atoms with Crippen molar-refractivity contribution in [3.05, 3.63) is 28.9 Å². The molecule has 0 aromatic carbocycles. The molecule has 3 aromatic heterocycles. The van der Waals surface area contributed by atoms with E-state index in [1.807, 2.05) is 12.1 Å². The number of alkyl halides is 1. The molecule has 4 atom stereocenters. The molecule has 3 aromatic rings. The Labute approximate surface area is 190 Å². The number of hydrogen-bond donors (Lipinski definition) is 2. The lowest BCUT2D eigenvalue weighted by Crippen LogP contribution is -2.34. The quantitative estimate of drug-likeness (QED) is 0.372. The number of aliphatic hydroxyl groups excluding tert-OH is 1. The number of pyridine rings is 2. The van der Waals surface area contributed by atoms with Gasteiger partial charge in [0.15, 0.2) is 11.8 Å². The molecule has 9 nitrogen and oxygen atoms in total. The molecule has 5 heterocycles. The van der Waals surface area contributed by atoms with E-state index < -0.39 is 6.10 Å². The molecule has 2 saturated heterocycles. The van der Waals surface area contributed by atoms with Crippen molar-refractivity contribution in [3.8, 4) is 23.1 Å². The van der Waals surface area contributed by atoms with E-state index in [1.54, 1.807) is 13.2 Å². The fraction of sp³-hybridized carbons (Fsp3) is 0.421. The summed E-state index contributed by atoms with van der Waals surface area (Å²) >= 11 is 8.75. The van der Waals surface area contributed by atoms with Crippen LogP contribution in [0.1, 0.15) is 5.69 Å². The Balaban J connectivity index is 1.45. The molecule has 2 fully saturated rings. The predicted octanol–water partition coefficient (Wildman–Crippen LogP) is 2.52. The third-order valence-electron chi connectivity index (χ3n) is 5.15. The van der Waals surface area contributed by atoms with Gasteiger partial charge < -0.3 is 29.0 Å². The van der Waals surface area contributed by atoms with Crippen LogP contribution in [0.15, 0.2) is 18.2 Å². The van der Waals surface area contributed by atoms with Gasteiger partial charge in [-0.25, -0.2) is 9.97 Å². The van der Waals surface area contributed by atoms with Gasteiger partial charge in [-0.05, 0) is 18.2 Å². The maximum Gasteiger partial charge on any atom is 0.296 e. The fourth-order valence-corrected chi connectivity index (χ4v) is 4.40. The zero-order valence-corrected chi connectivity index (χ0v) is 18.8. The zero-order valence-electron chi connectivity index (χ0n) is 15.8. The summed E-state index contributed by atoms with van der Waals surface area (Å²) in [4.78, 5) is 16.6. The second-order valence-electron chi connectivity index (χ2n) is 7.04. The minimum Gasteiger partial charge on any atom is -0.480 e. The summed E-state index contributed by atoms with van der Waals surface area (Å²) in [5, 5.41) is 10.3. The molecule has 0 bridgehead atoms. The molecule has 2 N–H and O–H groups in total. The van der Waals surface area contributed by atoms with Crippen molar-refractivity contribution in [1.29, 1.82) is 0 Å². The molecule has 0 radical (unpaired) electrons. The Morgan fingerprint density at radius 3 is 2.87 bits per heavy atom. The lowest BCUT2D eigenvalue weighted by molar-refractivity contribution is 0.00706. The Kier molecular flexibility index (Phi) is 5.44. The van der Waals surface area contributed by atoms with Crippen LogP contribution in [0.2, 0.25) is 5.02 Å². The van der Waals surface area contributed by atoms with E-state index in [0.717, 1.165) is 10.1 Å². The maximum atomic E-state index is 9.87. The highest BCUT2D eigenvalue weighted by Gasteiger charge is 2.48. The van der Waals surface area contributed by atoms with E-state index in [9.17, 15) is 5.11 Å². The standard InChI is InChI=1S/C19H18ClIN4O5/c1-27-18-9(3-2-8(5-21)22-18)14-10(20)4-11-17(24-14)25-19(23-11)30-13-7-29-15-12(26)6-28-16(13)15/h2-4,12-13,15-16,26H,5-7H2,1H3,(H,23,24,25). The molecular weight excluding hydrogens is 527 g/mol. The van der Waals surface area contributed by atoms with Crippen LogP contribution in [0.5, 0.6) is 11.9 Å². The first kappa shape index (κ1) is 20.2. The highest BCUT2D eigenvalue weighted by molar-refractivity contribution is 14.1. The highest BCUT2D eigenvalue weighted by Crippen LogP contribution is 2.35. The average Bonchev–Trinajstić information content (AvgIpc) is 3.44. The fourth-order valence-electron chi connectivity index (χ4n) is 3.72. The number of fused-ring (bicyclic) bond motifs is 2. The van der Waals surface area contributed by atoms with Gasteiger partial charge in [-0.2, -0.15) is 4.98 Å². The van der Waals surface area contributed by atoms with Crippen LogP contribution in [-0.4, -0.2) is 69.8 Å². The van der Waals surface area contributed by atoms with Crippen molar-refractivity contribution in [3.63, 3.8) is 0 Å². The number of ether oxygens (including phenoxy) is 4. The monoisotopic (exact) mass is 544 g/mol. The number of nitrogens with one attached hydrogen (secondary N) is 1. The van der Waals surface area contributed by atoms with Crippen molar-refractivity contribution in [1.82, 2.24) is 19.9 Å². The third-order valence-corrected chi connectivity index (χ3v) is 6.22. The smallest absolute Gasteiger partial charge is 0.296 e. The van der Waals surface area contributed by atoms with Crippen molar-refractivity contribution in [2.75, 3.05) is 20.3 Å². The molecular formula is C19H18ClIN4O5. The van der Waals surface area contributed by atoms with E-state index in [4.69, 9.17) is 30.5 Å². The molecule has 4 unspecified atom stereocenters. The number of hydrogen-bond acceptors (Lipinski definition) is 8. The minimum atomic E-state index is -0.635. The predicted molar refractivity (Wildman–Crippen MR) is 116 cm³/mol. The van der Waals surface area contributed by atoms with Crippen LogP contribution in [0, 0.1) is 0 Å². The first-order chi connectivity index (χ1) is 14.6. The lowest BCUT2D eigenvalue weighted by Gasteiger charge is -2.15. The van der Waals surface area contributed by atoms with E-state index in [1.165, 1.54) is 0 Å². The number of rotatable bonds is 5. The van der Waals surface area contributed by atoms with Gasteiger partial charge in [-0.15, -0.1) is 0 Å². The van der Waals surface area contributed by atoms with Crippen molar-refractivity contribution in [2.45, 2.75) is 28.8 Å². The van der Waals surface area contributed by atoms with Gasteiger partial charge in [0.25, 0.3) is 6.01 Å². The summed E-state index contributed by atoms with van der Waals surface area (Å²) in [7, 11) is 1.56. The Morgan fingerprint density at radius 1 is 1.23 bits per heavy atom. The van der Waals surface area contributed by atoms with Crippen LogP contribution in [-0.2, 0) is 13.9 Å². The Morgan fingerprint density at radius 2 is 2.07 bits per heavy atom. The van der Waals surface area contributed by atoms with E-state index in [0.29, 0.717) is 39.9 Å². The van der Waals surface area contributed by atoms with Crippen molar-refractivity contribution in [2.24, 2.45) is 0 Å². The zero-order chi connectivity index (χ0) is 20.8. The number of imidazole rings is 1. The van der Waals surface area contributed by atoms with E-state index in [2.05, 4.69) is 42.5 Å². The van der Waals surface area contributed by atoms with Gasteiger partial charge in [0.2, 0.25) is 5.88 Å². The topological polar surface area (TPSA) is 112 Å². The van der Waals surface area contributed by atoms with Gasteiger partial charge in [0.05, 0.1) is 47.8 Å². The Bertz CT molecular complexity index is 1100. The normalized spacial score (nSPS) is 25.6. The molecule has 158 valence electrons. The summed E-state index contributed by atoms with van der Waals surface area (Å²) in [5.74, 6) is 0.455. The molecule has 0 saturated carbocycles. The summed E-state index contributed by atoms with van der Waals surface area (Å²) < 4.78 is 23.3. The van der Waals surface area contributed by atoms with Gasteiger partial charge in [-0.1, -0.05) is 34.2 Å². The second kappa shape index (κ2) is 8.08. The Hall–Kier alpha value is -1.73. The maximum absolute atomic E-state index is 9.87. The number of halogens is 2. The number of aromatic amines is 1. The number of aromatic nitrogens is 4. The highest BCUT2D eigenvalue weighted by atomic mass is 127. The largest absolute Gasteiger partial charge is 0.480 e. The van der Waals surface area contributed by atoms with Gasteiger partial charge >= 0.3 is 0 Å². The van der Waals surface area contributed by atoms with Gasteiger partial charge in [0, 0.05) is 4.43 Å². The number of nitrogens with zero attached hydrogens (tertiary/aromatic N) is 3. The first-order valence-electron chi connectivity index (χ1n) is 9.32. The van der Waals surface area contributed by atoms with Crippen LogP contribution in [0.4, 0.5) is 0 Å². The summed E-state index contributed by atoms with van der Waals surface area (Å²) in [5.41, 5.74) is 3.20. The molecule has 0 spiro atoms. The summed E-state index contributed by atoms with van der Waals surface area (Å²) in [6.07, 6.45) is -1.70. The molecule has 11 heteroatoms. The van der Waals surface area contributed by atoms with Gasteiger partial charge in [-0.3, -0.25) is 0 Å². The molecule has 2 aliphatic rings. The van der Waals surface area contributed by atoms with E-state index in [-0.39, 0.29) is 30.9 Å². The lowest BCUT2D eigenvalue weighted by atomic mass is 10.1. The van der Waals surface area contributed by atoms with E-state index >= 15 is 0 Å². The summed E-state index contributed by atoms with van der Waals surface area (Å²) in [6, 6.07) is 5.84. The number of aliphatic hydroxyl groups is 1. The SMILES string of the molecule is COc1nc(CI)ccc1-c1nc2nc(OC3COC4C(O)COC34)[nH]c2cc1Cl. The van der Waals surface area contributed by atoms with Crippen LogP contribution in [0.3, 0.4) is 0 Å². The van der Waals surface area contributed by atoms with Crippen molar-refractivity contribution < 1.29 is 24.1 Å². The molecule has 0 aliphatic carbocycles. The molecule has 5 rings (SSSR count).